The maximum Gasteiger partial charge on any atom is 0.296 e. The SMILES string of the molecule is FC(F)c1nc2ccccc2n1-c1cc(NC2C[C@@H]3CC(N4CCOCC4)C[C@@H]3C2)nc(N2CCOCC2)n1. The Morgan fingerprint density at radius 1 is 0.846 bits per heavy atom. The van der Waals surface area contributed by atoms with Crippen molar-refractivity contribution in [2.45, 2.75) is 44.2 Å². The van der Waals surface area contributed by atoms with Gasteiger partial charge in [0.2, 0.25) is 5.95 Å². The van der Waals surface area contributed by atoms with Crippen molar-refractivity contribution in [3.8, 4) is 5.82 Å². The van der Waals surface area contributed by atoms with E-state index in [1.165, 1.54) is 17.4 Å². The van der Waals surface area contributed by atoms with Crippen LogP contribution in [0.2, 0.25) is 0 Å². The van der Waals surface area contributed by atoms with E-state index in [4.69, 9.17) is 19.4 Å². The predicted molar refractivity (Wildman–Crippen MR) is 144 cm³/mol. The zero-order chi connectivity index (χ0) is 26.3. The Bertz CT molecular complexity index is 1290. The molecular weight excluding hydrogens is 504 g/mol. The molecule has 2 unspecified atom stereocenters. The highest BCUT2D eigenvalue weighted by atomic mass is 19.3. The Hall–Kier alpha value is -2.89. The number of rotatable bonds is 6. The van der Waals surface area contributed by atoms with E-state index in [-0.39, 0.29) is 5.82 Å². The average Bonchev–Trinajstić information content (AvgIpc) is 3.65. The number of imidazole rings is 1. The summed E-state index contributed by atoms with van der Waals surface area (Å²) in [5, 5.41) is 3.68. The van der Waals surface area contributed by atoms with E-state index < -0.39 is 6.43 Å². The molecule has 11 heteroatoms. The average molecular weight is 540 g/mol. The van der Waals surface area contributed by atoms with Gasteiger partial charge in [-0.15, -0.1) is 0 Å². The van der Waals surface area contributed by atoms with E-state index in [0.717, 1.165) is 39.1 Å². The van der Waals surface area contributed by atoms with E-state index in [2.05, 4.69) is 20.1 Å². The van der Waals surface area contributed by atoms with Gasteiger partial charge in [-0.3, -0.25) is 9.47 Å². The summed E-state index contributed by atoms with van der Waals surface area (Å²) in [6.07, 6.45) is 1.97. The summed E-state index contributed by atoms with van der Waals surface area (Å²) in [7, 11) is 0. The lowest BCUT2D eigenvalue weighted by molar-refractivity contribution is 0.0162. The molecule has 7 rings (SSSR count). The summed E-state index contributed by atoms with van der Waals surface area (Å²) in [6.45, 7) is 6.27. The lowest BCUT2D eigenvalue weighted by atomic mass is 10.0. The number of hydrogen-bond acceptors (Lipinski definition) is 8. The Balaban J connectivity index is 1.16. The minimum absolute atomic E-state index is 0.306. The number of anilines is 2. The number of nitrogens with zero attached hydrogens (tertiary/aromatic N) is 6. The third kappa shape index (κ3) is 4.96. The van der Waals surface area contributed by atoms with Gasteiger partial charge in [-0.2, -0.15) is 9.97 Å². The molecule has 39 heavy (non-hydrogen) atoms. The molecule has 0 spiro atoms. The van der Waals surface area contributed by atoms with Crippen molar-refractivity contribution in [1.82, 2.24) is 24.4 Å². The molecule has 2 aliphatic carbocycles. The molecule has 4 heterocycles. The normalized spacial score (nSPS) is 27.9. The number of morpholine rings is 2. The van der Waals surface area contributed by atoms with Crippen molar-refractivity contribution in [1.29, 1.82) is 0 Å². The Kier molecular flexibility index (Phi) is 6.82. The molecule has 208 valence electrons. The molecule has 4 fully saturated rings. The lowest BCUT2D eigenvalue weighted by Crippen LogP contribution is -2.42. The second kappa shape index (κ2) is 10.6. The van der Waals surface area contributed by atoms with Crippen LogP contribution in [-0.4, -0.2) is 89.1 Å². The minimum Gasteiger partial charge on any atom is -0.379 e. The van der Waals surface area contributed by atoms with Gasteiger partial charge in [-0.1, -0.05) is 12.1 Å². The third-order valence-electron chi connectivity index (χ3n) is 8.91. The molecule has 4 aliphatic rings. The number of nitrogens with one attached hydrogen (secondary N) is 1. The number of benzene rings is 1. The maximum atomic E-state index is 14.2. The summed E-state index contributed by atoms with van der Waals surface area (Å²) in [4.78, 5) is 18.6. The van der Waals surface area contributed by atoms with Crippen LogP contribution in [0.4, 0.5) is 20.5 Å². The van der Waals surface area contributed by atoms with Crippen LogP contribution in [0, 0.1) is 11.8 Å². The molecule has 2 saturated carbocycles. The zero-order valence-electron chi connectivity index (χ0n) is 22.0. The summed E-state index contributed by atoms with van der Waals surface area (Å²) in [6, 6.07) is 9.98. The number of ether oxygens (including phenoxy) is 2. The van der Waals surface area contributed by atoms with E-state index in [0.29, 0.717) is 78.8 Å². The van der Waals surface area contributed by atoms with Crippen LogP contribution in [-0.2, 0) is 9.47 Å². The first-order valence-corrected chi connectivity index (χ1v) is 14.2. The predicted octanol–water partition coefficient (Wildman–Crippen LogP) is 3.89. The van der Waals surface area contributed by atoms with E-state index in [1.807, 2.05) is 12.1 Å². The first-order valence-electron chi connectivity index (χ1n) is 14.2. The molecule has 0 amide bonds. The van der Waals surface area contributed by atoms with Crippen LogP contribution in [0.15, 0.2) is 30.3 Å². The van der Waals surface area contributed by atoms with Crippen molar-refractivity contribution in [3.05, 3.63) is 36.2 Å². The molecule has 0 radical (unpaired) electrons. The molecule has 3 aromatic rings. The number of fused-ring (bicyclic) bond motifs is 2. The molecule has 2 aliphatic heterocycles. The second-order valence-corrected chi connectivity index (χ2v) is 11.2. The highest BCUT2D eigenvalue weighted by Crippen LogP contribution is 2.46. The van der Waals surface area contributed by atoms with Gasteiger partial charge in [0.15, 0.2) is 5.82 Å². The van der Waals surface area contributed by atoms with Crippen LogP contribution in [0.1, 0.15) is 37.9 Å². The van der Waals surface area contributed by atoms with Crippen LogP contribution >= 0.6 is 0 Å². The summed E-state index contributed by atoms with van der Waals surface area (Å²) in [5.41, 5.74) is 1.13. The fraction of sp³-hybridized carbons (Fsp3) is 0.607. The van der Waals surface area contributed by atoms with E-state index in [1.54, 1.807) is 18.2 Å². The number of aromatic nitrogens is 4. The van der Waals surface area contributed by atoms with E-state index >= 15 is 0 Å². The highest BCUT2D eigenvalue weighted by molar-refractivity contribution is 5.78. The molecular formula is C28H35F2N7O2. The molecule has 9 nitrogen and oxygen atoms in total. The first kappa shape index (κ1) is 25.1. The standard InChI is InChI=1S/C28H35F2N7O2/c29-26(30)27-32-22-3-1-2-4-23(22)37(27)25-17-24(33-28(34-25)36-7-11-39-12-8-36)31-20-13-18-15-21(16-19(18)14-20)35-5-9-38-10-6-35/h1-4,17-21,26H,5-16H2,(H,31,33,34)/t18-,19+,20?,21?. The molecule has 4 atom stereocenters. The van der Waals surface area contributed by atoms with Gasteiger partial charge in [0.1, 0.15) is 11.6 Å². The summed E-state index contributed by atoms with van der Waals surface area (Å²) >= 11 is 0. The quantitative estimate of drug-likeness (QED) is 0.506. The van der Waals surface area contributed by atoms with Crippen LogP contribution in [0.25, 0.3) is 16.9 Å². The van der Waals surface area contributed by atoms with Crippen molar-refractivity contribution < 1.29 is 18.3 Å². The van der Waals surface area contributed by atoms with Crippen LogP contribution < -0.4 is 10.2 Å². The third-order valence-corrected chi connectivity index (χ3v) is 8.91. The van der Waals surface area contributed by atoms with Gasteiger partial charge in [0.25, 0.3) is 6.43 Å². The van der Waals surface area contributed by atoms with Gasteiger partial charge in [-0.05, 0) is 49.7 Å². The fourth-order valence-corrected chi connectivity index (χ4v) is 7.10. The Labute approximate surface area is 226 Å². The number of para-hydroxylation sites is 2. The number of alkyl halides is 2. The van der Waals surface area contributed by atoms with Crippen molar-refractivity contribution in [3.63, 3.8) is 0 Å². The van der Waals surface area contributed by atoms with Gasteiger partial charge in [0.05, 0.1) is 37.5 Å². The number of halogens is 2. The smallest absolute Gasteiger partial charge is 0.296 e. The Morgan fingerprint density at radius 3 is 2.26 bits per heavy atom. The van der Waals surface area contributed by atoms with Gasteiger partial charge < -0.3 is 19.7 Å². The van der Waals surface area contributed by atoms with Crippen LogP contribution in [0.5, 0.6) is 0 Å². The fourth-order valence-electron chi connectivity index (χ4n) is 7.10. The van der Waals surface area contributed by atoms with E-state index in [9.17, 15) is 8.78 Å². The second-order valence-electron chi connectivity index (χ2n) is 11.2. The largest absolute Gasteiger partial charge is 0.379 e. The number of hydrogen-bond donors (Lipinski definition) is 1. The molecule has 1 aromatic carbocycles. The van der Waals surface area contributed by atoms with Crippen molar-refractivity contribution >= 4 is 22.8 Å². The van der Waals surface area contributed by atoms with Crippen molar-refractivity contribution in [2.75, 3.05) is 62.8 Å². The van der Waals surface area contributed by atoms with Crippen molar-refractivity contribution in [2.24, 2.45) is 11.8 Å². The molecule has 2 aromatic heterocycles. The molecule has 2 saturated heterocycles. The first-order chi connectivity index (χ1) is 19.1. The molecule has 0 bridgehead atoms. The van der Waals surface area contributed by atoms with Crippen LogP contribution in [0.3, 0.4) is 0 Å². The Morgan fingerprint density at radius 2 is 1.54 bits per heavy atom. The minimum atomic E-state index is -2.73. The van der Waals surface area contributed by atoms with Gasteiger partial charge in [0, 0.05) is 44.3 Å². The topological polar surface area (TPSA) is 80.6 Å². The summed E-state index contributed by atoms with van der Waals surface area (Å²) < 4.78 is 40.9. The van der Waals surface area contributed by atoms with Gasteiger partial charge >= 0.3 is 0 Å². The molecule has 1 N–H and O–H groups in total. The monoisotopic (exact) mass is 539 g/mol. The maximum absolute atomic E-state index is 14.2. The zero-order valence-corrected chi connectivity index (χ0v) is 22.0. The highest BCUT2D eigenvalue weighted by Gasteiger charge is 2.43. The summed E-state index contributed by atoms with van der Waals surface area (Å²) in [5.74, 6) is 2.72. The lowest BCUT2D eigenvalue weighted by Gasteiger charge is -2.33. The van der Waals surface area contributed by atoms with Gasteiger partial charge in [-0.25, -0.2) is 13.8 Å².